The Morgan fingerprint density at radius 2 is 0.730 bits per heavy atom. The van der Waals surface area contributed by atoms with Gasteiger partial charge in [-0.25, -0.2) is 53.3 Å². The van der Waals surface area contributed by atoms with Crippen molar-refractivity contribution in [3.63, 3.8) is 0 Å². The first-order valence-corrected chi connectivity index (χ1v) is 42.2. The van der Waals surface area contributed by atoms with Crippen LogP contribution in [0.3, 0.4) is 0 Å². The molecule has 5 radical (unpaired) electrons. The molecule has 22 rings (SSSR count). The van der Waals surface area contributed by atoms with Crippen molar-refractivity contribution in [3.05, 3.63) is 484 Å². The molecule has 141 heavy (non-hydrogen) atoms. The van der Waals surface area contributed by atoms with Crippen molar-refractivity contribution in [2.45, 2.75) is 0 Å². The number of fused-ring (bicyclic) bond motifs is 7. The van der Waals surface area contributed by atoms with Gasteiger partial charge in [0, 0.05) is 204 Å². The fourth-order valence-electron chi connectivity index (χ4n) is 12.7. The van der Waals surface area contributed by atoms with E-state index in [1.807, 2.05) is 212 Å². The number of carboxylic acids is 5. The molecule has 10 heterocycles. The van der Waals surface area contributed by atoms with Crippen LogP contribution in [0.1, 0.15) is 52.4 Å². The molecule has 0 atom stereocenters. The zero-order chi connectivity index (χ0) is 95.2. The molecular weight excluding hydrogens is 2690 g/mol. The van der Waals surface area contributed by atoms with Crippen molar-refractivity contribution in [2.75, 3.05) is 7.11 Å². The van der Waals surface area contributed by atoms with E-state index in [-0.39, 0.29) is 141 Å². The molecule has 0 saturated heterocycles. The van der Waals surface area contributed by atoms with Gasteiger partial charge in [-0.05, 0) is 113 Å². The Balaban J connectivity index is 0.000000192. The first-order chi connectivity index (χ1) is 66.4. The maximum Gasteiger partial charge on any atom is 0.355 e. The van der Waals surface area contributed by atoms with Crippen LogP contribution in [0, 0.1) is 42.0 Å². The SMILES string of the molecule is COc1c[c-]c(-c2ccccn2)cc1.Fc1c[c-]c(-c2ccccn2)cc1.Fc1ccnc(-c2[c-]cccc2)c1.O=C(O)c1cc2ccccc2cn1.O=C(O)c1ccc2ccccc2n1.O=C(O)c1ccc2ccccc2n1.O=C(O)c1ccc2ccccc2n1.O=C(O)c1nccc2ccccc12.[Ir].[Ir].[Ir].[Ir].[Ir].[c-]1cc2ccccc2cc1-c1nc2ccccc2s1.[c-]1ccccc1-c1cnccn1. The van der Waals surface area contributed by atoms with E-state index in [0.29, 0.717) is 27.6 Å². The van der Waals surface area contributed by atoms with Crippen molar-refractivity contribution < 1.29 is 164 Å². The summed E-state index contributed by atoms with van der Waals surface area (Å²) < 4.78 is 31.6. The molecule has 0 fully saturated rings. The topological polar surface area (TPSA) is 338 Å². The molecule has 22 nitrogen and oxygen atoms in total. The average molecular weight is 2770 g/mol. The van der Waals surface area contributed by atoms with Crippen LogP contribution in [0.4, 0.5) is 8.78 Å². The number of halogens is 2. The van der Waals surface area contributed by atoms with Gasteiger partial charge < -0.3 is 50.2 Å². The molecule has 0 aliphatic rings. The van der Waals surface area contributed by atoms with Gasteiger partial charge in [0.05, 0.1) is 29.2 Å². The zero-order valence-corrected chi connectivity index (χ0v) is 86.5. The number of hydrogen-bond donors (Lipinski definition) is 5. The number of pyridine rings is 8. The van der Waals surface area contributed by atoms with E-state index in [1.54, 1.807) is 128 Å². The Kier molecular flexibility index (Phi) is 45.4. The number of thiazole rings is 1. The normalized spacial score (nSPS) is 9.81. The summed E-state index contributed by atoms with van der Waals surface area (Å²) in [5.74, 6) is -4.71. The number of methoxy groups -OCH3 is 1. The van der Waals surface area contributed by atoms with E-state index in [1.165, 1.54) is 70.3 Å². The van der Waals surface area contributed by atoms with E-state index >= 15 is 0 Å². The van der Waals surface area contributed by atoms with E-state index in [4.69, 9.17) is 30.3 Å². The number of aromatic nitrogens is 11. The average Bonchev–Trinajstić information content (AvgIpc) is 1.64. The molecule has 22 aromatic rings. The van der Waals surface area contributed by atoms with E-state index in [2.05, 4.69) is 122 Å². The number of carbonyl (C=O) groups is 5. The molecular formula is C111H76F2Ir5N11O11S-5. The number of ether oxygens (including phenoxy) is 1. The fraction of sp³-hybridized carbons (Fsp3) is 0.00901. The van der Waals surface area contributed by atoms with Gasteiger partial charge in [0.1, 0.15) is 28.6 Å². The summed E-state index contributed by atoms with van der Waals surface area (Å²) in [6.07, 6.45) is 13.1. The second kappa shape index (κ2) is 57.7. The largest absolute Gasteiger partial charge is 0.540 e. The summed E-state index contributed by atoms with van der Waals surface area (Å²) in [7, 11) is 1.64. The van der Waals surface area contributed by atoms with Crippen LogP contribution in [-0.2, 0) is 101 Å². The Morgan fingerprint density at radius 3 is 1.20 bits per heavy atom. The van der Waals surface area contributed by atoms with E-state index in [0.717, 1.165) is 93.5 Å². The van der Waals surface area contributed by atoms with Crippen molar-refractivity contribution >= 4 is 116 Å². The van der Waals surface area contributed by atoms with Crippen molar-refractivity contribution in [1.29, 1.82) is 0 Å². The second-order valence-electron chi connectivity index (χ2n) is 28.4. The maximum atomic E-state index is 12.8. The third kappa shape index (κ3) is 33.5. The molecule has 711 valence electrons. The summed E-state index contributed by atoms with van der Waals surface area (Å²) in [5.41, 5.74) is 11.5. The quantitative estimate of drug-likeness (QED) is 0.0751. The van der Waals surface area contributed by atoms with Crippen molar-refractivity contribution in [1.82, 2.24) is 54.8 Å². The number of benzene rings is 12. The zero-order valence-electron chi connectivity index (χ0n) is 73.7. The van der Waals surface area contributed by atoms with Crippen LogP contribution >= 0.6 is 11.3 Å². The monoisotopic (exact) mass is 2770 g/mol. The molecule has 5 N–H and O–H groups in total. The smallest absolute Gasteiger partial charge is 0.355 e. The van der Waals surface area contributed by atoms with Crippen LogP contribution in [-0.4, -0.2) is 117 Å². The van der Waals surface area contributed by atoms with Gasteiger partial charge in [-0.2, -0.15) is 11.3 Å². The predicted molar refractivity (Wildman–Crippen MR) is 523 cm³/mol. The van der Waals surface area contributed by atoms with Gasteiger partial charge in [0.25, 0.3) is 0 Å². The number of para-hydroxylation sites is 4. The van der Waals surface area contributed by atoms with Crippen LogP contribution in [0.25, 0.3) is 131 Å². The Hall–Kier alpha value is -15.4. The van der Waals surface area contributed by atoms with Gasteiger partial charge in [0.15, 0.2) is 5.69 Å². The fourth-order valence-corrected chi connectivity index (χ4v) is 13.6. The minimum atomic E-state index is -0.995. The summed E-state index contributed by atoms with van der Waals surface area (Å²) in [4.78, 5) is 97.8. The summed E-state index contributed by atoms with van der Waals surface area (Å²) in [6, 6.07) is 126. The Bertz CT molecular complexity index is 7340. The molecule has 30 heteroatoms. The minimum Gasteiger partial charge on any atom is -0.540 e. The molecule has 0 unspecified atom stereocenters. The second-order valence-corrected chi connectivity index (χ2v) is 29.5. The molecule has 12 aromatic carbocycles. The molecule has 0 aliphatic carbocycles. The molecule has 0 saturated carbocycles. The van der Waals surface area contributed by atoms with Crippen LogP contribution in [0.15, 0.2) is 414 Å². The van der Waals surface area contributed by atoms with Gasteiger partial charge in [0.2, 0.25) is 0 Å². The Labute approximate surface area is 879 Å². The summed E-state index contributed by atoms with van der Waals surface area (Å²) in [6.45, 7) is 0. The van der Waals surface area contributed by atoms with Crippen molar-refractivity contribution in [2.24, 2.45) is 0 Å². The third-order valence-electron chi connectivity index (χ3n) is 19.3. The van der Waals surface area contributed by atoms with E-state index in [9.17, 15) is 32.8 Å². The third-order valence-corrected chi connectivity index (χ3v) is 20.4. The molecule has 0 bridgehead atoms. The minimum absolute atomic E-state index is 0. The standard InChI is InChI=1S/C17H10NS.C12H10NO.2C11H7FN.C10H7N2.5C10H7NO2.5Ir/c1-2-6-13-11-14(10-9-12(13)5-1)17-18-15-7-3-4-8-16(15)19-17;1-14-11-7-5-10(6-8-11)12-4-2-3-9-13-12;12-10-6-4-9(5-7-10)11-3-1-2-8-13-11;12-10-6-7-13-11(8-10)9-4-2-1-3-5-9;1-2-4-9(5-3-1)10-8-11-6-7-12-10;12-10(13)9-5-7-3-1-2-4-8(7)6-11-9;12-10(13)9-8-4-2-1-3-7(8)5-6-11-9;3*12-10(13)9-6-5-7-3-1-2-4-8(7)11-9;;;;;/h1-9,11H;2-5,7-9H,1H3;2*1-4,6-8H;1-4,6-8H;5*1-6H,(H,12,13);;;;;/q5*-1;;;;;;;;;;. The van der Waals surface area contributed by atoms with Crippen LogP contribution in [0.5, 0.6) is 5.75 Å². The number of carboxylic acid groups (broad SMARTS) is 5. The number of rotatable bonds is 11. The van der Waals surface area contributed by atoms with Gasteiger partial charge in [-0.3, -0.25) is 14.4 Å². The number of hydrogen-bond acceptors (Lipinski definition) is 18. The maximum absolute atomic E-state index is 12.8. The van der Waals surface area contributed by atoms with Crippen molar-refractivity contribution in [3.8, 4) is 61.4 Å². The van der Waals surface area contributed by atoms with Gasteiger partial charge >= 0.3 is 29.8 Å². The van der Waals surface area contributed by atoms with Gasteiger partial charge in [-0.1, -0.05) is 187 Å². The predicted octanol–water partition coefficient (Wildman–Crippen LogP) is 24.4. The van der Waals surface area contributed by atoms with Gasteiger partial charge in [-0.15, -0.1) is 161 Å². The first kappa shape index (κ1) is 111. The molecule has 0 amide bonds. The number of aromatic carboxylic acids is 5. The summed E-state index contributed by atoms with van der Waals surface area (Å²) >= 11 is 1.72. The Morgan fingerprint density at radius 1 is 0.291 bits per heavy atom. The molecule has 0 aliphatic heterocycles. The van der Waals surface area contributed by atoms with Crippen LogP contribution in [0.2, 0.25) is 0 Å². The molecule has 10 aromatic heterocycles. The summed E-state index contributed by atoms with van der Waals surface area (Å²) in [5, 5.41) is 53.3. The molecule has 0 spiro atoms. The first-order valence-electron chi connectivity index (χ1n) is 41.4. The van der Waals surface area contributed by atoms with E-state index < -0.39 is 29.8 Å². The number of nitrogens with zero attached hydrogens (tertiary/aromatic N) is 11. The van der Waals surface area contributed by atoms with Crippen LogP contribution < -0.4 is 4.74 Å².